The van der Waals surface area contributed by atoms with E-state index in [-0.39, 0.29) is 30.4 Å². The number of fused-ring (bicyclic) bond motifs is 2. The van der Waals surface area contributed by atoms with Gasteiger partial charge in [0.2, 0.25) is 6.29 Å². The second kappa shape index (κ2) is 10.5. The van der Waals surface area contributed by atoms with Crippen molar-refractivity contribution in [1.29, 1.82) is 0 Å². The van der Waals surface area contributed by atoms with Crippen LogP contribution in [0.5, 0.6) is 0 Å². The summed E-state index contributed by atoms with van der Waals surface area (Å²) in [6, 6.07) is 7.46. The second-order valence-electron chi connectivity index (χ2n) is 9.09. The quantitative estimate of drug-likeness (QED) is 0.449. The number of unbranched alkanes of at least 4 members (excludes halogenated alkanes) is 1. The van der Waals surface area contributed by atoms with Crippen molar-refractivity contribution in [2.24, 2.45) is 11.8 Å². The zero-order valence-electron chi connectivity index (χ0n) is 18.6. The number of amides is 1. The minimum atomic E-state index is -0.537. The van der Waals surface area contributed by atoms with Gasteiger partial charge in [-0.2, -0.15) is 0 Å². The van der Waals surface area contributed by atoms with E-state index in [1.54, 1.807) is 12.1 Å². The van der Waals surface area contributed by atoms with Crippen molar-refractivity contribution in [2.45, 2.75) is 63.2 Å². The van der Waals surface area contributed by atoms with Gasteiger partial charge in [-0.05, 0) is 67.7 Å². The number of carbonyl (C=O) groups excluding carboxylic acids is 2. The molecule has 5 atom stereocenters. The number of nitrogens with one attached hydrogen (secondary N) is 1. The summed E-state index contributed by atoms with van der Waals surface area (Å²) in [5, 5.41) is 12.2. The first kappa shape index (κ1) is 22.8. The van der Waals surface area contributed by atoms with Crippen molar-refractivity contribution in [3.63, 3.8) is 0 Å². The minimum absolute atomic E-state index is 0.0703. The molecule has 1 amide bonds. The van der Waals surface area contributed by atoms with Gasteiger partial charge in [0.1, 0.15) is 0 Å². The summed E-state index contributed by atoms with van der Waals surface area (Å²) in [5.41, 5.74) is 1.47. The molecule has 0 aromatic heterocycles. The fourth-order valence-electron chi connectivity index (χ4n) is 5.22. The van der Waals surface area contributed by atoms with E-state index in [0.29, 0.717) is 36.7 Å². The molecule has 1 aromatic rings. The first-order valence-corrected chi connectivity index (χ1v) is 11.7. The molecule has 32 heavy (non-hydrogen) atoms. The van der Waals surface area contributed by atoms with Crippen molar-refractivity contribution < 1.29 is 28.9 Å². The third-order valence-electron chi connectivity index (χ3n) is 6.95. The SMILES string of the molecule is COC(=O)c1ccc([C@@H]2C=C(C(=O)NC3CC4CCC3C4)O[C@H](OCCCCO)C2)cc1. The number of hydrogen-bond donors (Lipinski definition) is 2. The fraction of sp³-hybridized carbons (Fsp3) is 0.600. The molecule has 0 radical (unpaired) electrons. The number of aliphatic hydroxyl groups excluding tert-OH is 1. The van der Waals surface area contributed by atoms with E-state index in [1.807, 2.05) is 18.2 Å². The number of hydrogen-bond acceptors (Lipinski definition) is 6. The van der Waals surface area contributed by atoms with Crippen LogP contribution in [0.15, 0.2) is 36.1 Å². The van der Waals surface area contributed by atoms with Gasteiger partial charge < -0.3 is 24.6 Å². The molecule has 2 N–H and O–H groups in total. The molecule has 2 aliphatic carbocycles. The molecule has 1 aromatic carbocycles. The minimum Gasteiger partial charge on any atom is -0.465 e. The fourth-order valence-corrected chi connectivity index (χ4v) is 5.22. The summed E-state index contributed by atoms with van der Waals surface area (Å²) >= 11 is 0. The summed E-state index contributed by atoms with van der Waals surface area (Å²) in [6.07, 6.45) is 8.05. The Morgan fingerprint density at radius 2 is 1.94 bits per heavy atom. The lowest BCUT2D eigenvalue weighted by atomic mass is 9.91. The van der Waals surface area contributed by atoms with Crippen LogP contribution in [0.2, 0.25) is 0 Å². The molecule has 3 aliphatic rings. The third kappa shape index (κ3) is 5.33. The highest BCUT2D eigenvalue weighted by molar-refractivity contribution is 5.92. The second-order valence-corrected chi connectivity index (χ2v) is 9.09. The van der Waals surface area contributed by atoms with Crippen molar-refractivity contribution in [3.8, 4) is 0 Å². The smallest absolute Gasteiger partial charge is 0.337 e. The molecule has 1 aliphatic heterocycles. The highest BCUT2D eigenvalue weighted by Crippen LogP contribution is 2.44. The van der Waals surface area contributed by atoms with Gasteiger partial charge in [-0.3, -0.25) is 4.79 Å². The molecule has 174 valence electrons. The summed E-state index contributed by atoms with van der Waals surface area (Å²) in [5.74, 6) is 1.00. The van der Waals surface area contributed by atoms with Crippen LogP contribution in [0.4, 0.5) is 0 Å². The number of rotatable bonds is 9. The summed E-state index contributed by atoms with van der Waals surface area (Å²) < 4.78 is 16.6. The van der Waals surface area contributed by atoms with Gasteiger partial charge in [-0.25, -0.2) is 4.79 Å². The predicted octanol–water partition coefficient (Wildman–Crippen LogP) is 3.28. The Bertz CT molecular complexity index is 835. The summed E-state index contributed by atoms with van der Waals surface area (Å²) in [7, 11) is 1.36. The predicted molar refractivity (Wildman–Crippen MR) is 118 cm³/mol. The Balaban J connectivity index is 1.46. The highest BCUT2D eigenvalue weighted by atomic mass is 16.7. The number of methoxy groups -OCH3 is 1. The van der Waals surface area contributed by atoms with E-state index < -0.39 is 6.29 Å². The molecular weight excluding hydrogens is 410 g/mol. The lowest BCUT2D eigenvalue weighted by Crippen LogP contribution is -2.41. The van der Waals surface area contributed by atoms with Crippen molar-refractivity contribution >= 4 is 11.9 Å². The molecule has 2 saturated carbocycles. The van der Waals surface area contributed by atoms with Crippen LogP contribution in [0.3, 0.4) is 0 Å². The normalized spacial score (nSPS) is 28.7. The van der Waals surface area contributed by atoms with E-state index >= 15 is 0 Å². The number of carbonyl (C=O) groups is 2. The first-order valence-electron chi connectivity index (χ1n) is 11.7. The van der Waals surface area contributed by atoms with Crippen LogP contribution in [-0.4, -0.2) is 49.6 Å². The van der Waals surface area contributed by atoms with Crippen LogP contribution in [0.25, 0.3) is 0 Å². The van der Waals surface area contributed by atoms with Crippen molar-refractivity contribution in [3.05, 3.63) is 47.2 Å². The van der Waals surface area contributed by atoms with E-state index in [4.69, 9.17) is 19.3 Å². The number of esters is 1. The van der Waals surface area contributed by atoms with Gasteiger partial charge in [0.25, 0.3) is 5.91 Å². The maximum atomic E-state index is 13.1. The molecule has 2 fully saturated rings. The van der Waals surface area contributed by atoms with Gasteiger partial charge in [-0.15, -0.1) is 0 Å². The molecule has 0 saturated heterocycles. The molecule has 1 heterocycles. The van der Waals surface area contributed by atoms with Crippen LogP contribution in [-0.2, 0) is 19.0 Å². The van der Waals surface area contributed by atoms with E-state index in [0.717, 1.165) is 24.3 Å². The van der Waals surface area contributed by atoms with Crippen LogP contribution >= 0.6 is 0 Å². The number of aliphatic hydroxyl groups is 1. The number of benzene rings is 1. The molecule has 3 unspecified atom stereocenters. The maximum absolute atomic E-state index is 13.1. The van der Waals surface area contributed by atoms with Gasteiger partial charge in [-0.1, -0.05) is 18.6 Å². The van der Waals surface area contributed by atoms with E-state index in [1.165, 1.54) is 26.4 Å². The Kier molecular flexibility index (Phi) is 7.48. The third-order valence-corrected chi connectivity index (χ3v) is 6.95. The van der Waals surface area contributed by atoms with Gasteiger partial charge >= 0.3 is 5.97 Å². The Hall–Kier alpha value is -2.38. The van der Waals surface area contributed by atoms with E-state index in [2.05, 4.69) is 5.32 Å². The van der Waals surface area contributed by atoms with E-state index in [9.17, 15) is 9.59 Å². The highest BCUT2D eigenvalue weighted by Gasteiger charge is 2.41. The average molecular weight is 444 g/mol. The van der Waals surface area contributed by atoms with Crippen molar-refractivity contribution in [1.82, 2.24) is 5.32 Å². The van der Waals surface area contributed by atoms with Gasteiger partial charge in [0.05, 0.1) is 19.3 Å². The number of ether oxygens (including phenoxy) is 3. The van der Waals surface area contributed by atoms with Crippen LogP contribution < -0.4 is 5.32 Å². The van der Waals surface area contributed by atoms with Gasteiger partial charge in [0.15, 0.2) is 5.76 Å². The van der Waals surface area contributed by atoms with Crippen molar-refractivity contribution in [2.75, 3.05) is 20.3 Å². The molecular formula is C25H33NO6. The lowest BCUT2D eigenvalue weighted by Gasteiger charge is -2.30. The van der Waals surface area contributed by atoms with Crippen LogP contribution in [0, 0.1) is 11.8 Å². The molecule has 7 nitrogen and oxygen atoms in total. The Morgan fingerprint density at radius 1 is 1.12 bits per heavy atom. The Morgan fingerprint density at radius 3 is 2.59 bits per heavy atom. The van der Waals surface area contributed by atoms with Gasteiger partial charge in [0, 0.05) is 25.0 Å². The maximum Gasteiger partial charge on any atom is 0.337 e. The largest absolute Gasteiger partial charge is 0.465 e. The first-order chi connectivity index (χ1) is 15.6. The number of allylic oxidation sites excluding steroid dienone is 1. The zero-order chi connectivity index (χ0) is 22.5. The lowest BCUT2D eigenvalue weighted by molar-refractivity contribution is -0.147. The molecule has 2 bridgehead atoms. The van der Waals surface area contributed by atoms with Crippen LogP contribution in [0.1, 0.15) is 66.8 Å². The monoisotopic (exact) mass is 443 g/mol. The average Bonchev–Trinajstić information content (AvgIpc) is 3.44. The molecule has 0 spiro atoms. The topological polar surface area (TPSA) is 94.1 Å². The zero-order valence-corrected chi connectivity index (χ0v) is 18.6. The summed E-state index contributed by atoms with van der Waals surface area (Å²) in [6.45, 7) is 0.585. The summed E-state index contributed by atoms with van der Waals surface area (Å²) in [4.78, 5) is 24.8. The molecule has 7 heteroatoms. The Labute approximate surface area is 189 Å². The molecule has 4 rings (SSSR count). The standard InChI is InChI=1S/C25H33NO6/c1-30-25(29)18-8-6-17(7-9-18)20-14-22(32-23(15-20)31-11-3-2-10-27)24(28)26-21-13-16-4-5-19(21)12-16/h6-9,14,16,19-21,23,27H,2-5,10-13,15H2,1H3,(H,26,28)/t16?,19?,20-,21?,23+/m1/s1.